The van der Waals surface area contributed by atoms with Gasteiger partial charge in [-0.25, -0.2) is 4.39 Å². The first kappa shape index (κ1) is 19.2. The molecule has 142 valence electrons. The second-order valence-corrected chi connectivity index (χ2v) is 6.77. The van der Waals surface area contributed by atoms with Gasteiger partial charge in [-0.3, -0.25) is 14.5 Å². The van der Waals surface area contributed by atoms with E-state index >= 15 is 0 Å². The molecule has 5 nitrogen and oxygen atoms in total. The number of carbonyl (C=O) groups excluding carboxylic acids is 1. The molecular weight excluding hydrogens is 349 g/mol. The molecule has 6 heteroatoms. The number of carbonyl (C=O) groups is 2. The van der Waals surface area contributed by atoms with Gasteiger partial charge < -0.3 is 9.84 Å². The predicted molar refractivity (Wildman–Crippen MR) is 97.5 cm³/mol. The van der Waals surface area contributed by atoms with E-state index in [1.54, 1.807) is 7.11 Å². The van der Waals surface area contributed by atoms with Crippen molar-refractivity contribution in [2.24, 2.45) is 5.92 Å². The molecule has 1 heterocycles. The van der Waals surface area contributed by atoms with E-state index in [9.17, 15) is 19.1 Å². The van der Waals surface area contributed by atoms with E-state index < -0.39 is 35.8 Å². The Balaban J connectivity index is 2.02. The standard InChI is InChI=1S/C21H22FNO4/c1-13-3-5-15(6-4-13)20(27-2)23-12-11-17(21(25)26)19(24)18(23)14-7-9-16(22)10-8-14/h3-10,17-18,20H,11-12H2,1-2H3,(H,25,26). The lowest BCUT2D eigenvalue weighted by molar-refractivity contribution is -0.157. The van der Waals surface area contributed by atoms with Crippen molar-refractivity contribution >= 4 is 11.8 Å². The number of methoxy groups -OCH3 is 1. The van der Waals surface area contributed by atoms with Crippen LogP contribution in [0.1, 0.15) is 35.4 Å². The molecule has 0 amide bonds. The molecule has 2 aromatic rings. The number of nitrogens with zero attached hydrogens (tertiary/aromatic N) is 1. The third-order valence-electron chi connectivity index (χ3n) is 4.99. The third kappa shape index (κ3) is 3.91. The molecule has 0 bridgehead atoms. The number of Topliss-reactive ketones (excluding diaryl/α,β-unsaturated/α-hetero) is 1. The molecular formula is C21H22FNO4. The Hall–Kier alpha value is -2.57. The monoisotopic (exact) mass is 371 g/mol. The van der Waals surface area contributed by atoms with E-state index in [2.05, 4.69) is 0 Å². The number of carboxylic acids is 1. The number of ether oxygens (including phenoxy) is 1. The number of likely N-dealkylation sites (tertiary alicyclic amines) is 1. The van der Waals surface area contributed by atoms with Crippen LogP contribution in [0.2, 0.25) is 0 Å². The van der Waals surface area contributed by atoms with Crippen molar-refractivity contribution in [2.75, 3.05) is 13.7 Å². The highest BCUT2D eigenvalue weighted by Gasteiger charge is 2.44. The Kier molecular flexibility index (Phi) is 5.68. The van der Waals surface area contributed by atoms with Gasteiger partial charge in [-0.2, -0.15) is 0 Å². The predicted octanol–water partition coefficient (Wildman–Crippen LogP) is 3.50. The molecule has 1 fully saturated rings. The molecule has 0 spiro atoms. The van der Waals surface area contributed by atoms with Crippen molar-refractivity contribution in [1.29, 1.82) is 0 Å². The van der Waals surface area contributed by atoms with Gasteiger partial charge in [0.2, 0.25) is 0 Å². The summed E-state index contributed by atoms with van der Waals surface area (Å²) < 4.78 is 19.1. The van der Waals surface area contributed by atoms with Crippen LogP contribution in [0.5, 0.6) is 0 Å². The van der Waals surface area contributed by atoms with Crippen LogP contribution in [0.15, 0.2) is 48.5 Å². The second kappa shape index (κ2) is 7.98. The normalized spacial score (nSPS) is 21.8. The zero-order valence-electron chi connectivity index (χ0n) is 15.3. The number of benzene rings is 2. The maximum Gasteiger partial charge on any atom is 0.314 e. The SMILES string of the molecule is COC(c1ccc(C)cc1)N1CCC(C(=O)O)C(=O)C1c1ccc(F)cc1. The van der Waals surface area contributed by atoms with Crippen LogP contribution in [0.25, 0.3) is 0 Å². The number of hydrogen-bond acceptors (Lipinski definition) is 4. The Morgan fingerprint density at radius 3 is 2.37 bits per heavy atom. The fraction of sp³-hybridized carbons (Fsp3) is 0.333. The Labute approximate surface area is 157 Å². The van der Waals surface area contributed by atoms with Gasteiger partial charge in [0.25, 0.3) is 0 Å². The van der Waals surface area contributed by atoms with Crippen LogP contribution in [-0.4, -0.2) is 35.4 Å². The number of carboxylic acid groups (broad SMARTS) is 1. The average molecular weight is 371 g/mol. The molecule has 1 aliphatic rings. The zero-order chi connectivity index (χ0) is 19.6. The van der Waals surface area contributed by atoms with Crippen molar-refractivity contribution in [3.63, 3.8) is 0 Å². The van der Waals surface area contributed by atoms with Crippen molar-refractivity contribution in [3.8, 4) is 0 Å². The molecule has 0 radical (unpaired) electrons. The van der Waals surface area contributed by atoms with Gasteiger partial charge in [-0.15, -0.1) is 0 Å². The summed E-state index contributed by atoms with van der Waals surface area (Å²) in [7, 11) is 1.56. The summed E-state index contributed by atoms with van der Waals surface area (Å²) in [5.74, 6) is -3.03. The van der Waals surface area contributed by atoms with E-state index in [1.807, 2.05) is 36.1 Å². The summed E-state index contributed by atoms with van der Waals surface area (Å²) in [6.07, 6.45) is -0.309. The summed E-state index contributed by atoms with van der Waals surface area (Å²) in [6, 6.07) is 12.6. The first-order valence-electron chi connectivity index (χ1n) is 8.79. The molecule has 3 atom stereocenters. The smallest absolute Gasteiger partial charge is 0.314 e. The van der Waals surface area contributed by atoms with Crippen LogP contribution in [-0.2, 0) is 14.3 Å². The molecule has 1 aliphatic heterocycles. The van der Waals surface area contributed by atoms with Gasteiger partial charge >= 0.3 is 5.97 Å². The lowest BCUT2D eigenvalue weighted by Crippen LogP contribution is -2.48. The molecule has 0 saturated carbocycles. The highest BCUT2D eigenvalue weighted by Crippen LogP contribution is 2.38. The number of aliphatic carboxylic acids is 1. The molecule has 27 heavy (non-hydrogen) atoms. The molecule has 2 aromatic carbocycles. The highest BCUT2D eigenvalue weighted by atomic mass is 19.1. The van der Waals surface area contributed by atoms with Gasteiger partial charge in [-0.1, -0.05) is 42.0 Å². The van der Waals surface area contributed by atoms with Crippen molar-refractivity contribution in [2.45, 2.75) is 25.6 Å². The maximum absolute atomic E-state index is 13.4. The topological polar surface area (TPSA) is 66.8 Å². The lowest BCUT2D eigenvalue weighted by Gasteiger charge is -2.41. The van der Waals surface area contributed by atoms with Crippen LogP contribution < -0.4 is 0 Å². The molecule has 1 N–H and O–H groups in total. The molecule has 3 unspecified atom stereocenters. The van der Waals surface area contributed by atoms with Crippen molar-refractivity contribution < 1.29 is 23.8 Å². The third-order valence-corrected chi connectivity index (χ3v) is 4.99. The average Bonchev–Trinajstić information content (AvgIpc) is 2.65. The number of ketones is 1. The minimum Gasteiger partial charge on any atom is -0.481 e. The fourth-order valence-electron chi connectivity index (χ4n) is 3.60. The van der Waals surface area contributed by atoms with Gasteiger partial charge in [0.1, 0.15) is 18.0 Å². The maximum atomic E-state index is 13.4. The van der Waals surface area contributed by atoms with Gasteiger partial charge in [-0.05, 0) is 36.6 Å². The number of halogens is 1. The van der Waals surface area contributed by atoms with E-state index in [0.717, 1.165) is 11.1 Å². The summed E-state index contributed by atoms with van der Waals surface area (Å²) in [5, 5.41) is 9.42. The van der Waals surface area contributed by atoms with Crippen LogP contribution >= 0.6 is 0 Å². The number of rotatable bonds is 5. The summed E-state index contributed by atoms with van der Waals surface area (Å²) in [6.45, 7) is 2.35. The number of piperidine rings is 1. The Morgan fingerprint density at radius 1 is 1.19 bits per heavy atom. The van der Waals surface area contributed by atoms with E-state index in [4.69, 9.17) is 4.74 Å². The molecule has 3 rings (SSSR count). The first-order chi connectivity index (χ1) is 12.9. The van der Waals surface area contributed by atoms with Crippen molar-refractivity contribution in [1.82, 2.24) is 4.90 Å². The van der Waals surface area contributed by atoms with Crippen LogP contribution in [0.3, 0.4) is 0 Å². The van der Waals surface area contributed by atoms with E-state index in [1.165, 1.54) is 24.3 Å². The minimum absolute atomic E-state index is 0.206. The summed E-state index contributed by atoms with van der Waals surface area (Å²) >= 11 is 0. The quantitative estimate of drug-likeness (QED) is 0.815. The number of hydrogen-bond donors (Lipinski definition) is 1. The van der Waals surface area contributed by atoms with Gasteiger partial charge in [0, 0.05) is 13.7 Å². The van der Waals surface area contributed by atoms with Gasteiger partial charge in [0.15, 0.2) is 5.78 Å². The fourth-order valence-corrected chi connectivity index (χ4v) is 3.60. The Bertz CT molecular complexity index is 819. The Morgan fingerprint density at radius 2 is 1.81 bits per heavy atom. The minimum atomic E-state index is -1.13. The second-order valence-electron chi connectivity index (χ2n) is 6.77. The zero-order valence-corrected chi connectivity index (χ0v) is 15.3. The summed E-state index contributed by atoms with van der Waals surface area (Å²) in [4.78, 5) is 26.4. The molecule has 1 saturated heterocycles. The summed E-state index contributed by atoms with van der Waals surface area (Å²) in [5.41, 5.74) is 2.53. The van der Waals surface area contributed by atoms with E-state index in [-0.39, 0.29) is 6.42 Å². The highest BCUT2D eigenvalue weighted by molar-refractivity contribution is 6.02. The lowest BCUT2D eigenvalue weighted by atomic mass is 9.85. The van der Waals surface area contributed by atoms with Crippen LogP contribution in [0, 0.1) is 18.7 Å². The first-order valence-corrected chi connectivity index (χ1v) is 8.79. The molecule has 0 aromatic heterocycles. The van der Waals surface area contributed by atoms with Crippen LogP contribution in [0.4, 0.5) is 4.39 Å². The van der Waals surface area contributed by atoms with Gasteiger partial charge in [0.05, 0.1) is 6.04 Å². The number of aryl methyl sites for hydroxylation is 1. The van der Waals surface area contributed by atoms with E-state index in [0.29, 0.717) is 12.1 Å². The largest absolute Gasteiger partial charge is 0.481 e. The molecule has 0 aliphatic carbocycles. The van der Waals surface area contributed by atoms with Crippen molar-refractivity contribution in [3.05, 3.63) is 71.0 Å².